The Kier molecular flexibility index (Phi) is 7.16. The number of benzene rings is 1. The number of amides is 2. The summed E-state index contributed by atoms with van der Waals surface area (Å²) in [5, 5.41) is 6.40. The molecule has 2 aliphatic rings. The summed E-state index contributed by atoms with van der Waals surface area (Å²) in [6, 6.07) is 9.23. The smallest absolute Gasteiger partial charge is 0.336 e. The second-order valence-electron chi connectivity index (χ2n) is 8.67. The van der Waals surface area contributed by atoms with E-state index in [1.54, 1.807) is 6.07 Å². The van der Waals surface area contributed by atoms with Gasteiger partial charge in [0.15, 0.2) is 11.6 Å². The Balaban J connectivity index is 1.43. The van der Waals surface area contributed by atoms with E-state index in [2.05, 4.69) is 34.1 Å². The van der Waals surface area contributed by atoms with Crippen molar-refractivity contribution in [3.05, 3.63) is 47.9 Å². The number of nitrogens with one attached hydrogen (secondary N) is 1. The number of urea groups is 1. The lowest BCUT2D eigenvalue weighted by atomic mass is 10.0. The van der Waals surface area contributed by atoms with Gasteiger partial charge in [0.1, 0.15) is 12.1 Å². The largest absolute Gasteiger partial charge is 0.377 e. The van der Waals surface area contributed by atoms with Crippen molar-refractivity contribution in [2.75, 3.05) is 46.2 Å². The summed E-state index contributed by atoms with van der Waals surface area (Å²) in [4.78, 5) is 27.4. The Labute approximate surface area is 218 Å². The minimum Gasteiger partial charge on any atom is -0.377 e. The van der Waals surface area contributed by atoms with Crippen LogP contribution in [0.3, 0.4) is 0 Å². The first-order valence-electron chi connectivity index (χ1n) is 11.8. The fourth-order valence-corrected chi connectivity index (χ4v) is 4.88. The summed E-state index contributed by atoms with van der Waals surface area (Å²) in [5.41, 5.74) is 4.00. The molecule has 2 aromatic heterocycles. The zero-order valence-electron chi connectivity index (χ0n) is 19.8. The van der Waals surface area contributed by atoms with Crippen LogP contribution in [-0.4, -0.2) is 64.9 Å². The van der Waals surface area contributed by atoms with Crippen LogP contribution >= 0.6 is 22.9 Å². The quantitative estimate of drug-likeness (QED) is 0.351. The highest BCUT2D eigenvalue weighted by Crippen LogP contribution is 2.32. The summed E-state index contributed by atoms with van der Waals surface area (Å²) in [7, 11) is 0. The van der Waals surface area contributed by atoms with E-state index in [0.29, 0.717) is 24.9 Å². The van der Waals surface area contributed by atoms with Gasteiger partial charge in [0.25, 0.3) is 0 Å². The van der Waals surface area contributed by atoms with Crippen LogP contribution < -0.4 is 13.3 Å². The van der Waals surface area contributed by atoms with E-state index < -0.39 is 0 Å². The molecule has 2 amide bonds. The van der Waals surface area contributed by atoms with Crippen LogP contribution in [0.4, 0.5) is 22.1 Å². The highest BCUT2D eigenvalue weighted by Gasteiger charge is 2.28. The van der Waals surface area contributed by atoms with Gasteiger partial charge in [-0.1, -0.05) is 12.1 Å². The standard InChI is InChI=1S/C24H28IN7O3/c1-3-30-10-8-19-20(14-30)26-22(28-23(19)31-11-13-34-15-16(31)2)17-4-6-18(7-5-17)32(25)24(33)27-21-9-12-35-29-21/h4-7,9,12,16H,3,8,10-11,13-15H2,1-2H3,(H,27,29,33). The van der Waals surface area contributed by atoms with Gasteiger partial charge >= 0.3 is 6.03 Å². The number of hydrogen-bond donors (Lipinski definition) is 1. The lowest BCUT2D eigenvalue weighted by Crippen LogP contribution is -2.45. The predicted molar refractivity (Wildman–Crippen MR) is 142 cm³/mol. The van der Waals surface area contributed by atoms with E-state index in [1.807, 2.05) is 47.1 Å². The zero-order chi connectivity index (χ0) is 24.4. The first-order valence-corrected chi connectivity index (χ1v) is 12.7. The van der Waals surface area contributed by atoms with Crippen LogP contribution in [0.2, 0.25) is 0 Å². The van der Waals surface area contributed by atoms with Crippen LogP contribution in [0.1, 0.15) is 25.1 Å². The molecular formula is C24H28IN7O3. The maximum absolute atomic E-state index is 12.5. The van der Waals surface area contributed by atoms with E-state index in [9.17, 15) is 4.79 Å². The van der Waals surface area contributed by atoms with Gasteiger partial charge in [-0.15, -0.1) is 0 Å². The van der Waals surface area contributed by atoms with Crippen molar-refractivity contribution in [3.63, 3.8) is 0 Å². The Morgan fingerprint density at radius 1 is 1.23 bits per heavy atom. The Hall–Kier alpha value is -2.77. The van der Waals surface area contributed by atoms with Crippen LogP contribution in [0.15, 0.2) is 41.1 Å². The SMILES string of the molecule is CCN1CCc2c(nc(-c3ccc(N(I)C(=O)Nc4ccon4)cc3)nc2N2CCOCC2C)C1. The monoisotopic (exact) mass is 589 g/mol. The molecule has 0 bridgehead atoms. The van der Waals surface area contributed by atoms with E-state index in [4.69, 9.17) is 19.2 Å². The number of morpholine rings is 1. The Bertz CT molecular complexity index is 1170. The first-order chi connectivity index (χ1) is 17.0. The molecule has 0 aliphatic carbocycles. The highest BCUT2D eigenvalue weighted by atomic mass is 127. The number of fused-ring (bicyclic) bond motifs is 1. The maximum atomic E-state index is 12.5. The van der Waals surface area contributed by atoms with E-state index in [-0.39, 0.29) is 12.1 Å². The summed E-state index contributed by atoms with van der Waals surface area (Å²) in [5.74, 6) is 2.10. The van der Waals surface area contributed by atoms with E-state index in [0.717, 1.165) is 55.4 Å². The normalized spacial score (nSPS) is 18.3. The lowest BCUT2D eigenvalue weighted by molar-refractivity contribution is 0.0983. The average molecular weight is 589 g/mol. The molecule has 1 aromatic carbocycles. The summed E-state index contributed by atoms with van der Waals surface area (Å²) in [6.07, 6.45) is 2.36. The molecule has 4 heterocycles. The van der Waals surface area contributed by atoms with Gasteiger partial charge < -0.3 is 14.2 Å². The number of rotatable bonds is 5. The number of carbonyl (C=O) groups is 1. The fraction of sp³-hybridized carbons (Fsp3) is 0.417. The first kappa shape index (κ1) is 23.9. The third-order valence-corrected chi connectivity index (χ3v) is 7.41. The van der Waals surface area contributed by atoms with Gasteiger partial charge in [-0.2, -0.15) is 0 Å². The van der Waals surface area contributed by atoms with Crippen LogP contribution in [0.5, 0.6) is 0 Å². The molecule has 3 aromatic rings. The number of likely N-dealkylation sites (N-methyl/N-ethyl adjacent to an activating group) is 1. The molecule has 1 unspecified atom stereocenters. The van der Waals surface area contributed by atoms with Crippen LogP contribution in [-0.2, 0) is 17.7 Å². The van der Waals surface area contributed by atoms with E-state index >= 15 is 0 Å². The molecule has 1 fully saturated rings. The van der Waals surface area contributed by atoms with Crippen LogP contribution in [0, 0.1) is 0 Å². The third kappa shape index (κ3) is 5.11. The number of ether oxygens (including phenoxy) is 1. The summed E-state index contributed by atoms with van der Waals surface area (Å²) < 4.78 is 11.9. The molecule has 35 heavy (non-hydrogen) atoms. The van der Waals surface area contributed by atoms with Crippen molar-refractivity contribution >= 4 is 46.2 Å². The average Bonchev–Trinajstić information content (AvgIpc) is 3.40. The van der Waals surface area contributed by atoms with Gasteiger partial charge in [0.05, 0.1) is 53.5 Å². The minimum atomic E-state index is -0.319. The second-order valence-corrected chi connectivity index (χ2v) is 9.64. The molecule has 2 aliphatic heterocycles. The molecule has 0 saturated carbocycles. The number of hydrogen-bond acceptors (Lipinski definition) is 8. The Morgan fingerprint density at radius 2 is 2.06 bits per heavy atom. The molecule has 1 saturated heterocycles. The van der Waals surface area contributed by atoms with Gasteiger partial charge in [-0.3, -0.25) is 10.2 Å². The predicted octanol–water partition coefficient (Wildman–Crippen LogP) is 4.12. The number of carbonyl (C=O) groups excluding carboxylic acids is 1. The molecule has 0 spiro atoms. The van der Waals surface area contributed by atoms with Gasteiger partial charge in [0.2, 0.25) is 0 Å². The molecule has 1 N–H and O–H groups in total. The summed E-state index contributed by atoms with van der Waals surface area (Å²) >= 11 is 1.96. The van der Waals surface area contributed by atoms with Crippen molar-refractivity contribution in [1.29, 1.82) is 0 Å². The van der Waals surface area contributed by atoms with Gasteiger partial charge in [-0.25, -0.2) is 17.9 Å². The highest BCUT2D eigenvalue weighted by molar-refractivity contribution is 14.1. The van der Waals surface area contributed by atoms with Gasteiger partial charge in [0, 0.05) is 36.8 Å². The summed E-state index contributed by atoms with van der Waals surface area (Å²) in [6.45, 7) is 9.45. The van der Waals surface area contributed by atoms with Crippen molar-refractivity contribution < 1.29 is 14.1 Å². The minimum absolute atomic E-state index is 0.262. The maximum Gasteiger partial charge on any atom is 0.336 e. The van der Waals surface area contributed by atoms with Crippen molar-refractivity contribution in [2.24, 2.45) is 0 Å². The van der Waals surface area contributed by atoms with Gasteiger partial charge in [-0.05, 0) is 44.2 Å². The molecule has 5 rings (SSSR count). The molecular weight excluding hydrogens is 561 g/mol. The molecule has 11 heteroatoms. The molecule has 184 valence electrons. The number of aromatic nitrogens is 3. The third-order valence-electron chi connectivity index (χ3n) is 6.41. The topological polar surface area (TPSA) is 99.9 Å². The molecule has 1 atom stereocenters. The van der Waals surface area contributed by atoms with Crippen molar-refractivity contribution in [1.82, 2.24) is 20.0 Å². The van der Waals surface area contributed by atoms with Crippen molar-refractivity contribution in [3.8, 4) is 11.4 Å². The number of halogens is 1. The van der Waals surface area contributed by atoms with Crippen molar-refractivity contribution in [2.45, 2.75) is 32.9 Å². The molecule has 10 nitrogen and oxygen atoms in total. The van der Waals surface area contributed by atoms with E-state index in [1.165, 1.54) is 14.9 Å². The number of anilines is 3. The number of nitrogens with zero attached hydrogens (tertiary/aromatic N) is 6. The zero-order valence-corrected chi connectivity index (χ0v) is 21.9. The second kappa shape index (κ2) is 10.5. The van der Waals surface area contributed by atoms with Crippen LogP contribution in [0.25, 0.3) is 11.4 Å². The lowest BCUT2D eigenvalue weighted by Gasteiger charge is -2.37. The fourth-order valence-electron chi connectivity index (χ4n) is 4.44. The molecule has 0 radical (unpaired) electrons. The Morgan fingerprint density at radius 3 is 2.77 bits per heavy atom.